The molecule has 2 aromatic carbocycles. The molecule has 2 aromatic rings. The van der Waals surface area contributed by atoms with Crippen LogP contribution in [0.5, 0.6) is 0 Å². The van der Waals surface area contributed by atoms with Crippen molar-refractivity contribution in [3.05, 3.63) is 58.9 Å². The Hall–Kier alpha value is -1.65. The molecule has 0 aliphatic carbocycles. The maximum atomic E-state index is 12.8. The zero-order valence-corrected chi connectivity index (χ0v) is 10.9. The smallest absolute Gasteiger partial charge is 0.123 e. The van der Waals surface area contributed by atoms with E-state index in [0.29, 0.717) is 16.3 Å². The van der Waals surface area contributed by atoms with Crippen LogP contribution >= 0.6 is 23.8 Å². The van der Waals surface area contributed by atoms with E-state index in [1.54, 1.807) is 30.3 Å². The number of rotatable bonds is 3. The van der Waals surface area contributed by atoms with Gasteiger partial charge in [0, 0.05) is 16.3 Å². The Balaban J connectivity index is 2.35. The summed E-state index contributed by atoms with van der Waals surface area (Å²) in [6, 6.07) is 11.2. The van der Waals surface area contributed by atoms with Crippen LogP contribution in [0, 0.1) is 5.82 Å². The number of halogens is 2. The van der Waals surface area contributed by atoms with Gasteiger partial charge in [0.2, 0.25) is 0 Å². The van der Waals surface area contributed by atoms with Crippen molar-refractivity contribution in [2.45, 2.75) is 0 Å². The second kappa shape index (κ2) is 5.33. The van der Waals surface area contributed by atoms with E-state index < -0.39 is 0 Å². The first-order chi connectivity index (χ1) is 8.56. The van der Waals surface area contributed by atoms with Crippen molar-refractivity contribution in [2.24, 2.45) is 5.73 Å². The molecule has 0 fully saturated rings. The standard InChI is InChI=1S/C13H10ClFN2S/c14-8-1-6-11(13(16)18)12(7-8)17-10-4-2-9(15)3-5-10/h1-7,17H,(H2,16,18). The molecule has 2 nitrogen and oxygen atoms in total. The number of hydrogen-bond donors (Lipinski definition) is 2. The summed E-state index contributed by atoms with van der Waals surface area (Å²) in [6.07, 6.45) is 0. The van der Waals surface area contributed by atoms with Crippen molar-refractivity contribution in [3.63, 3.8) is 0 Å². The molecule has 2 rings (SSSR count). The van der Waals surface area contributed by atoms with Crippen LogP contribution in [0.4, 0.5) is 15.8 Å². The summed E-state index contributed by atoms with van der Waals surface area (Å²) < 4.78 is 12.8. The Bertz CT molecular complexity index is 584. The molecule has 0 bridgehead atoms. The van der Waals surface area contributed by atoms with E-state index in [4.69, 9.17) is 29.6 Å². The Labute approximate surface area is 115 Å². The van der Waals surface area contributed by atoms with Gasteiger partial charge in [-0.15, -0.1) is 0 Å². The highest BCUT2D eigenvalue weighted by molar-refractivity contribution is 7.80. The van der Waals surface area contributed by atoms with E-state index in [-0.39, 0.29) is 10.8 Å². The van der Waals surface area contributed by atoms with Gasteiger partial charge in [0.1, 0.15) is 10.8 Å². The molecular formula is C13H10ClFN2S. The van der Waals surface area contributed by atoms with Crippen LogP contribution in [-0.2, 0) is 0 Å². The van der Waals surface area contributed by atoms with Gasteiger partial charge in [0.25, 0.3) is 0 Å². The summed E-state index contributed by atoms with van der Waals surface area (Å²) in [5.41, 5.74) is 7.75. The minimum absolute atomic E-state index is 0.274. The van der Waals surface area contributed by atoms with E-state index in [2.05, 4.69) is 5.32 Å². The minimum atomic E-state index is -0.291. The number of benzene rings is 2. The van der Waals surface area contributed by atoms with E-state index in [1.807, 2.05) is 0 Å². The molecule has 18 heavy (non-hydrogen) atoms. The Morgan fingerprint density at radius 2 is 1.83 bits per heavy atom. The first-order valence-corrected chi connectivity index (χ1v) is 5.97. The first kappa shape index (κ1) is 12.8. The van der Waals surface area contributed by atoms with Crippen molar-refractivity contribution in [1.29, 1.82) is 0 Å². The third-order valence-electron chi connectivity index (χ3n) is 2.37. The molecule has 0 aromatic heterocycles. The van der Waals surface area contributed by atoms with Gasteiger partial charge < -0.3 is 11.1 Å². The van der Waals surface area contributed by atoms with Crippen molar-refractivity contribution in [1.82, 2.24) is 0 Å². The topological polar surface area (TPSA) is 38.0 Å². The number of thiocarbonyl (C=S) groups is 1. The van der Waals surface area contributed by atoms with Crippen molar-refractivity contribution in [2.75, 3.05) is 5.32 Å². The summed E-state index contributed by atoms with van der Waals surface area (Å²) in [7, 11) is 0. The summed E-state index contributed by atoms with van der Waals surface area (Å²) >= 11 is 10.9. The summed E-state index contributed by atoms with van der Waals surface area (Å²) in [4.78, 5) is 0.274. The zero-order valence-electron chi connectivity index (χ0n) is 9.28. The normalized spacial score (nSPS) is 10.1. The summed E-state index contributed by atoms with van der Waals surface area (Å²) in [5.74, 6) is -0.291. The minimum Gasteiger partial charge on any atom is -0.389 e. The predicted octanol–water partition coefficient (Wildman–Crippen LogP) is 3.86. The van der Waals surface area contributed by atoms with E-state index >= 15 is 0 Å². The molecule has 0 amide bonds. The summed E-state index contributed by atoms with van der Waals surface area (Å²) in [5, 5.41) is 3.67. The maximum absolute atomic E-state index is 12.8. The highest BCUT2D eigenvalue weighted by atomic mass is 35.5. The molecule has 0 saturated carbocycles. The van der Waals surface area contributed by atoms with E-state index in [1.165, 1.54) is 12.1 Å². The van der Waals surface area contributed by atoms with Gasteiger partial charge >= 0.3 is 0 Å². The SMILES string of the molecule is NC(=S)c1ccc(Cl)cc1Nc1ccc(F)cc1. The number of nitrogens with two attached hydrogens (primary N) is 1. The fourth-order valence-corrected chi connectivity index (χ4v) is 1.87. The lowest BCUT2D eigenvalue weighted by molar-refractivity contribution is 0.628. The number of nitrogens with one attached hydrogen (secondary N) is 1. The molecule has 0 saturated heterocycles. The number of anilines is 2. The number of hydrogen-bond acceptors (Lipinski definition) is 2. The molecule has 0 radical (unpaired) electrons. The lowest BCUT2D eigenvalue weighted by Gasteiger charge is -2.11. The van der Waals surface area contributed by atoms with Gasteiger partial charge in [-0.2, -0.15) is 0 Å². The Kier molecular flexibility index (Phi) is 3.79. The molecule has 3 N–H and O–H groups in total. The highest BCUT2D eigenvalue weighted by Gasteiger charge is 2.06. The molecule has 5 heteroatoms. The van der Waals surface area contributed by atoms with Crippen molar-refractivity contribution < 1.29 is 4.39 Å². The second-order valence-electron chi connectivity index (χ2n) is 3.69. The van der Waals surface area contributed by atoms with Crippen molar-refractivity contribution >= 4 is 40.2 Å². The van der Waals surface area contributed by atoms with Crippen LogP contribution in [0.2, 0.25) is 5.02 Å². The predicted molar refractivity (Wildman–Crippen MR) is 77.0 cm³/mol. The van der Waals surface area contributed by atoms with Crippen LogP contribution in [0.3, 0.4) is 0 Å². The zero-order chi connectivity index (χ0) is 13.1. The first-order valence-electron chi connectivity index (χ1n) is 5.18. The van der Waals surface area contributed by atoms with Crippen molar-refractivity contribution in [3.8, 4) is 0 Å². The fraction of sp³-hybridized carbons (Fsp3) is 0. The third-order valence-corrected chi connectivity index (χ3v) is 2.83. The molecule has 92 valence electrons. The van der Waals surface area contributed by atoms with Gasteiger partial charge in [-0.3, -0.25) is 0 Å². The molecule has 0 aliphatic heterocycles. The molecule has 0 atom stereocenters. The van der Waals surface area contributed by atoms with Gasteiger partial charge in [-0.1, -0.05) is 23.8 Å². The molecule has 0 unspecified atom stereocenters. The third kappa shape index (κ3) is 2.97. The van der Waals surface area contributed by atoms with Crippen LogP contribution in [0.25, 0.3) is 0 Å². The fourth-order valence-electron chi connectivity index (χ4n) is 1.52. The van der Waals surface area contributed by atoms with E-state index in [0.717, 1.165) is 5.69 Å². The molecule has 0 aliphatic rings. The Morgan fingerprint density at radius 3 is 2.44 bits per heavy atom. The van der Waals surface area contributed by atoms with Gasteiger partial charge in [0.05, 0.1) is 5.69 Å². The lowest BCUT2D eigenvalue weighted by Crippen LogP contribution is -2.11. The lowest BCUT2D eigenvalue weighted by atomic mass is 10.1. The van der Waals surface area contributed by atoms with Crippen LogP contribution < -0.4 is 11.1 Å². The highest BCUT2D eigenvalue weighted by Crippen LogP contribution is 2.24. The average molecular weight is 281 g/mol. The van der Waals surface area contributed by atoms with Crippen LogP contribution in [-0.4, -0.2) is 4.99 Å². The van der Waals surface area contributed by atoms with Gasteiger partial charge in [-0.05, 0) is 42.5 Å². The van der Waals surface area contributed by atoms with Crippen LogP contribution in [0.15, 0.2) is 42.5 Å². The van der Waals surface area contributed by atoms with Crippen LogP contribution in [0.1, 0.15) is 5.56 Å². The maximum Gasteiger partial charge on any atom is 0.123 e. The molecule has 0 heterocycles. The Morgan fingerprint density at radius 1 is 1.17 bits per heavy atom. The quantitative estimate of drug-likeness (QED) is 0.839. The van der Waals surface area contributed by atoms with Gasteiger partial charge in [0.15, 0.2) is 0 Å². The molecular weight excluding hydrogens is 271 g/mol. The van der Waals surface area contributed by atoms with Gasteiger partial charge in [-0.25, -0.2) is 4.39 Å². The summed E-state index contributed by atoms with van der Waals surface area (Å²) in [6.45, 7) is 0. The largest absolute Gasteiger partial charge is 0.389 e. The monoisotopic (exact) mass is 280 g/mol. The molecule has 0 spiro atoms. The van der Waals surface area contributed by atoms with E-state index in [9.17, 15) is 4.39 Å². The average Bonchev–Trinajstić information content (AvgIpc) is 2.32. The second-order valence-corrected chi connectivity index (χ2v) is 4.56.